The van der Waals surface area contributed by atoms with E-state index < -0.39 is 11.9 Å². The molecule has 1 amide bonds. The average Bonchev–Trinajstić information content (AvgIpc) is 3.56. The maximum absolute atomic E-state index is 12.7. The van der Waals surface area contributed by atoms with Gasteiger partial charge in [0.05, 0.1) is 24.4 Å². The van der Waals surface area contributed by atoms with Crippen molar-refractivity contribution in [1.82, 2.24) is 25.5 Å². The van der Waals surface area contributed by atoms with Crippen LogP contribution in [0.1, 0.15) is 74.0 Å². The van der Waals surface area contributed by atoms with Crippen molar-refractivity contribution in [3.05, 3.63) is 54.2 Å². The van der Waals surface area contributed by atoms with Crippen molar-refractivity contribution >= 4 is 22.6 Å². The summed E-state index contributed by atoms with van der Waals surface area (Å²) >= 11 is 0. The number of pyridine rings is 1. The van der Waals surface area contributed by atoms with Crippen LogP contribution in [0.2, 0.25) is 0 Å². The van der Waals surface area contributed by atoms with Crippen molar-refractivity contribution in [2.45, 2.75) is 58.4 Å². The summed E-state index contributed by atoms with van der Waals surface area (Å²) in [7, 11) is 1.55. The molecule has 0 spiro atoms. The van der Waals surface area contributed by atoms with Crippen LogP contribution in [0, 0.1) is 6.92 Å². The van der Waals surface area contributed by atoms with Crippen molar-refractivity contribution in [1.29, 1.82) is 0 Å². The third-order valence-corrected chi connectivity index (χ3v) is 5.84. The highest BCUT2D eigenvalue weighted by Gasteiger charge is 2.24. The van der Waals surface area contributed by atoms with E-state index in [2.05, 4.69) is 25.5 Å². The number of oxazole rings is 1. The van der Waals surface area contributed by atoms with Crippen LogP contribution in [-0.2, 0) is 4.79 Å². The second kappa shape index (κ2) is 11.6. The number of aryl methyl sites for hydroxylation is 1. The molecule has 0 radical (unpaired) electrons. The number of nitrogens with one attached hydrogen (secondary N) is 1. The minimum Gasteiger partial charge on any atom is -0.480 e. The molecule has 3 heterocycles. The number of ether oxygens (including phenoxy) is 1. The molecular formula is C26H29N5O5. The van der Waals surface area contributed by atoms with E-state index in [1.807, 2.05) is 37.3 Å². The molecule has 10 heteroatoms. The van der Waals surface area contributed by atoms with Crippen LogP contribution in [0.4, 0.5) is 0 Å². The van der Waals surface area contributed by atoms with Crippen LogP contribution in [0.3, 0.4) is 0 Å². The quantitative estimate of drug-likeness (QED) is 0.272. The Labute approximate surface area is 208 Å². The molecule has 1 N–H and O–H groups in total. The first-order chi connectivity index (χ1) is 17.5. The van der Waals surface area contributed by atoms with Gasteiger partial charge in [0, 0.05) is 25.2 Å². The minimum absolute atomic E-state index is 0.127. The van der Waals surface area contributed by atoms with E-state index in [1.54, 1.807) is 20.2 Å². The van der Waals surface area contributed by atoms with Gasteiger partial charge in [-0.3, -0.25) is 9.59 Å². The minimum atomic E-state index is -0.528. The number of rotatable bonds is 12. The summed E-state index contributed by atoms with van der Waals surface area (Å²) in [6.07, 6.45) is 5.68. The van der Waals surface area contributed by atoms with Gasteiger partial charge in [-0.2, -0.15) is 0 Å². The second-order valence-corrected chi connectivity index (χ2v) is 8.44. The average molecular weight is 492 g/mol. The van der Waals surface area contributed by atoms with Gasteiger partial charge in [-0.15, -0.1) is 10.2 Å². The molecular weight excluding hydrogens is 462 g/mol. The molecule has 0 unspecified atom stereocenters. The largest absolute Gasteiger partial charge is 0.480 e. The number of benzene rings is 1. The maximum atomic E-state index is 12.7. The summed E-state index contributed by atoms with van der Waals surface area (Å²) < 4.78 is 16.9. The highest BCUT2D eigenvalue weighted by Crippen LogP contribution is 2.33. The summed E-state index contributed by atoms with van der Waals surface area (Å²) in [6, 6.07) is 9.13. The highest BCUT2D eigenvalue weighted by molar-refractivity contribution is 5.89. The fraction of sp³-hybridized carbons (Fsp3) is 0.385. The Hall–Kier alpha value is -4.08. The summed E-state index contributed by atoms with van der Waals surface area (Å²) in [5.41, 5.74) is 1.46. The normalized spacial score (nSPS) is 12.0. The number of nitrogens with zero attached hydrogens (tertiary/aromatic N) is 4. The molecule has 36 heavy (non-hydrogen) atoms. The molecule has 10 nitrogen and oxygen atoms in total. The van der Waals surface area contributed by atoms with E-state index >= 15 is 0 Å². The van der Waals surface area contributed by atoms with Crippen molar-refractivity contribution < 1.29 is 23.2 Å². The first kappa shape index (κ1) is 25.0. The zero-order valence-electron chi connectivity index (χ0n) is 20.6. The number of unbranched alkanes of at least 4 members (excludes halogenated alkanes) is 2. The van der Waals surface area contributed by atoms with Crippen molar-refractivity contribution in [2.24, 2.45) is 0 Å². The van der Waals surface area contributed by atoms with Gasteiger partial charge in [0.1, 0.15) is 11.8 Å². The van der Waals surface area contributed by atoms with Crippen LogP contribution < -0.4 is 10.1 Å². The topological polar surface area (TPSA) is 133 Å². The number of Topliss-reactive ketones (excluding diaryl/α,β-unsaturated/α-hetero) is 1. The standard InChI is InChI=1S/C26H29N5O5/c1-4-18(32)11-6-5-7-13-21(28-23(33)26-31-30-16(2)35-26)25-27-15-22(36-25)19-14-17-10-8-9-12-20(17)29-24(19)34-3/h8-10,12,14-15,21H,4-7,11,13H2,1-3H3,(H,28,33)/t21-/m0/s1. The molecule has 0 bridgehead atoms. The Bertz CT molecular complexity index is 1350. The highest BCUT2D eigenvalue weighted by atomic mass is 16.5. The summed E-state index contributed by atoms with van der Waals surface area (Å²) in [4.78, 5) is 33.3. The SMILES string of the molecule is CCC(=O)CCCCC[C@H](NC(=O)c1nnc(C)o1)c1ncc(-c2cc3ccccc3nc2OC)o1. The Morgan fingerprint density at radius 2 is 1.94 bits per heavy atom. The van der Waals surface area contributed by atoms with E-state index in [4.69, 9.17) is 13.6 Å². The lowest BCUT2D eigenvalue weighted by atomic mass is 10.0. The van der Waals surface area contributed by atoms with E-state index in [1.165, 1.54) is 0 Å². The fourth-order valence-electron chi connectivity index (χ4n) is 3.89. The Morgan fingerprint density at radius 3 is 2.69 bits per heavy atom. The Morgan fingerprint density at radius 1 is 1.11 bits per heavy atom. The van der Waals surface area contributed by atoms with Gasteiger partial charge >= 0.3 is 11.8 Å². The number of ketones is 1. The molecule has 0 saturated heterocycles. The molecule has 4 aromatic rings. The molecule has 0 fully saturated rings. The molecule has 1 aromatic carbocycles. The van der Waals surface area contributed by atoms with Gasteiger partial charge in [0.15, 0.2) is 5.76 Å². The van der Waals surface area contributed by atoms with Gasteiger partial charge in [0.2, 0.25) is 17.7 Å². The summed E-state index contributed by atoms with van der Waals surface area (Å²) in [5.74, 6) is 1.15. The number of para-hydroxylation sites is 1. The Balaban J connectivity index is 1.55. The van der Waals surface area contributed by atoms with E-state index in [0.717, 1.165) is 30.2 Å². The van der Waals surface area contributed by atoms with E-state index in [-0.39, 0.29) is 11.7 Å². The lowest BCUT2D eigenvalue weighted by Crippen LogP contribution is -2.29. The number of carbonyl (C=O) groups excluding carboxylic acids is 2. The van der Waals surface area contributed by atoms with Gasteiger partial charge < -0.3 is 18.9 Å². The first-order valence-corrected chi connectivity index (χ1v) is 12.0. The molecule has 0 saturated carbocycles. The third kappa shape index (κ3) is 5.94. The van der Waals surface area contributed by atoms with Crippen LogP contribution in [0.15, 0.2) is 45.4 Å². The van der Waals surface area contributed by atoms with Gasteiger partial charge in [-0.1, -0.05) is 38.0 Å². The summed E-state index contributed by atoms with van der Waals surface area (Å²) in [6.45, 7) is 3.48. The van der Waals surface area contributed by atoms with Crippen LogP contribution in [0.25, 0.3) is 22.2 Å². The van der Waals surface area contributed by atoms with Gasteiger partial charge in [-0.05, 0) is 25.0 Å². The second-order valence-electron chi connectivity index (χ2n) is 8.44. The number of aromatic nitrogens is 4. The molecule has 1 atom stereocenters. The molecule has 0 aliphatic carbocycles. The number of hydrogen-bond acceptors (Lipinski definition) is 9. The molecule has 188 valence electrons. The zero-order valence-corrected chi connectivity index (χ0v) is 20.6. The smallest absolute Gasteiger partial charge is 0.309 e. The third-order valence-electron chi connectivity index (χ3n) is 5.84. The fourth-order valence-corrected chi connectivity index (χ4v) is 3.89. The van der Waals surface area contributed by atoms with Crippen molar-refractivity contribution in [3.63, 3.8) is 0 Å². The molecule has 0 aliphatic rings. The van der Waals surface area contributed by atoms with E-state index in [9.17, 15) is 9.59 Å². The zero-order chi connectivity index (χ0) is 25.5. The van der Waals surface area contributed by atoms with Crippen molar-refractivity contribution in [2.75, 3.05) is 7.11 Å². The van der Waals surface area contributed by atoms with Gasteiger partial charge in [0.25, 0.3) is 0 Å². The summed E-state index contributed by atoms with van der Waals surface area (Å²) in [5, 5.41) is 11.3. The Kier molecular flexibility index (Phi) is 8.04. The van der Waals surface area contributed by atoms with Crippen LogP contribution >= 0.6 is 0 Å². The monoisotopic (exact) mass is 491 g/mol. The number of hydrogen-bond donors (Lipinski definition) is 1. The van der Waals surface area contributed by atoms with Gasteiger partial charge in [-0.25, -0.2) is 9.97 Å². The van der Waals surface area contributed by atoms with Crippen molar-refractivity contribution in [3.8, 4) is 17.2 Å². The maximum Gasteiger partial charge on any atom is 0.309 e. The molecule has 4 rings (SSSR count). The van der Waals surface area contributed by atoms with Crippen LogP contribution in [-0.4, -0.2) is 39.0 Å². The lowest BCUT2D eigenvalue weighted by Gasteiger charge is -2.14. The molecule has 0 aliphatic heterocycles. The first-order valence-electron chi connectivity index (χ1n) is 12.0. The number of carbonyl (C=O) groups is 2. The van der Waals surface area contributed by atoms with E-state index in [0.29, 0.717) is 48.2 Å². The lowest BCUT2D eigenvalue weighted by molar-refractivity contribution is -0.118. The molecule has 3 aromatic heterocycles. The number of amides is 1. The van der Waals surface area contributed by atoms with Crippen LogP contribution in [0.5, 0.6) is 5.88 Å². The number of fused-ring (bicyclic) bond motifs is 1. The predicted octanol–water partition coefficient (Wildman–Crippen LogP) is 4.99. The predicted molar refractivity (Wildman–Crippen MR) is 131 cm³/mol. The number of methoxy groups -OCH3 is 1.